The molecule has 1 aromatic carbocycles. The molecule has 15 heavy (non-hydrogen) atoms. The largest absolute Gasteiger partial charge is 0.454 e. The lowest BCUT2D eigenvalue weighted by molar-refractivity contribution is 0.174. The highest BCUT2D eigenvalue weighted by Crippen LogP contribution is 2.35. The average Bonchev–Trinajstić information content (AvgIpc) is 2.73. The van der Waals surface area contributed by atoms with Gasteiger partial charge < -0.3 is 15.2 Å². The van der Waals surface area contributed by atoms with Gasteiger partial charge >= 0.3 is 0 Å². The van der Waals surface area contributed by atoms with E-state index in [0.717, 1.165) is 23.5 Å². The first-order chi connectivity index (χ1) is 7.22. The predicted molar refractivity (Wildman–Crippen MR) is 58.9 cm³/mol. The van der Waals surface area contributed by atoms with Crippen molar-refractivity contribution in [2.75, 3.05) is 6.79 Å². The molecule has 0 spiro atoms. The summed E-state index contributed by atoms with van der Waals surface area (Å²) in [6, 6.07) is 6.01. The molecule has 0 saturated carbocycles. The standard InChI is InChI=1S/C12H17NO2/c1-3-8(2)12(13)9-4-5-10-11(6-9)15-7-14-10/h4-6,8,12H,3,7,13H2,1-2H3/t8?,12-/m1/s1. The Morgan fingerprint density at radius 2 is 2.07 bits per heavy atom. The monoisotopic (exact) mass is 207 g/mol. The maximum absolute atomic E-state index is 6.15. The molecule has 2 N–H and O–H groups in total. The summed E-state index contributed by atoms with van der Waals surface area (Å²) in [6.45, 7) is 4.63. The Labute approximate surface area is 90.2 Å². The van der Waals surface area contributed by atoms with E-state index in [9.17, 15) is 0 Å². The number of hydrogen-bond donors (Lipinski definition) is 1. The van der Waals surface area contributed by atoms with Crippen molar-refractivity contribution in [3.8, 4) is 11.5 Å². The lowest BCUT2D eigenvalue weighted by Crippen LogP contribution is -2.18. The Morgan fingerprint density at radius 3 is 2.80 bits per heavy atom. The summed E-state index contributed by atoms with van der Waals surface area (Å²) in [5.41, 5.74) is 7.27. The number of benzene rings is 1. The smallest absolute Gasteiger partial charge is 0.231 e. The lowest BCUT2D eigenvalue weighted by atomic mass is 9.93. The fourth-order valence-electron chi connectivity index (χ4n) is 1.70. The molecule has 0 aliphatic carbocycles. The minimum atomic E-state index is 0.0736. The molecule has 3 nitrogen and oxygen atoms in total. The third kappa shape index (κ3) is 1.92. The summed E-state index contributed by atoms with van der Waals surface area (Å²) >= 11 is 0. The Bertz CT molecular complexity index is 351. The summed E-state index contributed by atoms with van der Waals surface area (Å²) in [4.78, 5) is 0. The van der Waals surface area contributed by atoms with Gasteiger partial charge in [-0.2, -0.15) is 0 Å². The van der Waals surface area contributed by atoms with Crippen LogP contribution in [0.5, 0.6) is 11.5 Å². The number of ether oxygens (including phenoxy) is 2. The SMILES string of the molecule is CCC(C)[C@@H](N)c1ccc2c(c1)OCO2. The maximum Gasteiger partial charge on any atom is 0.231 e. The van der Waals surface area contributed by atoms with Crippen LogP contribution in [-0.2, 0) is 0 Å². The Balaban J connectivity index is 2.22. The molecule has 2 atom stereocenters. The van der Waals surface area contributed by atoms with Crippen LogP contribution >= 0.6 is 0 Å². The van der Waals surface area contributed by atoms with E-state index in [1.54, 1.807) is 0 Å². The van der Waals surface area contributed by atoms with Crippen LogP contribution < -0.4 is 15.2 Å². The molecule has 0 fully saturated rings. The quantitative estimate of drug-likeness (QED) is 0.828. The second-order valence-corrected chi connectivity index (χ2v) is 4.02. The molecular formula is C12H17NO2. The maximum atomic E-state index is 6.15. The zero-order valence-electron chi connectivity index (χ0n) is 9.19. The fraction of sp³-hybridized carbons (Fsp3) is 0.500. The van der Waals surface area contributed by atoms with E-state index in [-0.39, 0.29) is 6.04 Å². The molecule has 1 heterocycles. The Morgan fingerprint density at radius 1 is 1.33 bits per heavy atom. The van der Waals surface area contributed by atoms with E-state index in [0.29, 0.717) is 12.7 Å². The molecule has 1 aliphatic rings. The van der Waals surface area contributed by atoms with E-state index in [4.69, 9.17) is 15.2 Å². The first-order valence-electron chi connectivity index (χ1n) is 5.37. The van der Waals surface area contributed by atoms with Crippen LogP contribution in [0.4, 0.5) is 0 Å². The van der Waals surface area contributed by atoms with Crippen LogP contribution in [-0.4, -0.2) is 6.79 Å². The minimum absolute atomic E-state index is 0.0736. The van der Waals surface area contributed by atoms with Crippen molar-refractivity contribution in [2.45, 2.75) is 26.3 Å². The van der Waals surface area contributed by atoms with Gasteiger partial charge in [-0.05, 0) is 23.6 Å². The summed E-state index contributed by atoms with van der Waals surface area (Å²) in [7, 11) is 0. The van der Waals surface area contributed by atoms with Gasteiger partial charge in [0.1, 0.15) is 0 Å². The molecule has 1 aromatic rings. The lowest BCUT2D eigenvalue weighted by Gasteiger charge is -2.18. The third-order valence-corrected chi connectivity index (χ3v) is 3.04. The first-order valence-corrected chi connectivity index (χ1v) is 5.37. The van der Waals surface area contributed by atoms with E-state index < -0.39 is 0 Å². The number of rotatable bonds is 3. The highest BCUT2D eigenvalue weighted by atomic mass is 16.7. The van der Waals surface area contributed by atoms with Crippen LogP contribution in [0.25, 0.3) is 0 Å². The molecule has 0 bridgehead atoms. The highest BCUT2D eigenvalue weighted by molar-refractivity contribution is 5.45. The topological polar surface area (TPSA) is 44.5 Å². The van der Waals surface area contributed by atoms with Gasteiger partial charge in [-0.1, -0.05) is 26.3 Å². The molecular weight excluding hydrogens is 190 g/mol. The van der Waals surface area contributed by atoms with Crippen LogP contribution in [0.15, 0.2) is 18.2 Å². The summed E-state index contributed by atoms with van der Waals surface area (Å²) in [5.74, 6) is 2.10. The molecule has 1 aliphatic heterocycles. The average molecular weight is 207 g/mol. The van der Waals surface area contributed by atoms with Crippen molar-refractivity contribution in [3.63, 3.8) is 0 Å². The predicted octanol–water partition coefficient (Wildman–Crippen LogP) is 2.46. The Kier molecular flexibility index (Phi) is 2.82. The van der Waals surface area contributed by atoms with Crippen LogP contribution in [0, 0.1) is 5.92 Å². The van der Waals surface area contributed by atoms with Crippen LogP contribution in [0.3, 0.4) is 0 Å². The third-order valence-electron chi connectivity index (χ3n) is 3.04. The van der Waals surface area contributed by atoms with Crippen LogP contribution in [0.1, 0.15) is 31.9 Å². The van der Waals surface area contributed by atoms with Gasteiger partial charge in [-0.15, -0.1) is 0 Å². The van der Waals surface area contributed by atoms with Gasteiger partial charge in [0.25, 0.3) is 0 Å². The number of hydrogen-bond acceptors (Lipinski definition) is 3. The van der Waals surface area contributed by atoms with E-state index >= 15 is 0 Å². The highest BCUT2D eigenvalue weighted by Gasteiger charge is 2.18. The zero-order valence-corrected chi connectivity index (χ0v) is 9.19. The van der Waals surface area contributed by atoms with Gasteiger partial charge in [0.05, 0.1) is 0 Å². The van der Waals surface area contributed by atoms with Gasteiger partial charge in [-0.25, -0.2) is 0 Å². The van der Waals surface area contributed by atoms with Crippen molar-refractivity contribution < 1.29 is 9.47 Å². The van der Waals surface area contributed by atoms with E-state index in [1.165, 1.54) is 0 Å². The van der Waals surface area contributed by atoms with E-state index in [1.807, 2.05) is 18.2 Å². The molecule has 0 amide bonds. The molecule has 0 saturated heterocycles. The fourth-order valence-corrected chi connectivity index (χ4v) is 1.70. The molecule has 3 heteroatoms. The van der Waals surface area contributed by atoms with Gasteiger partial charge in [-0.3, -0.25) is 0 Å². The van der Waals surface area contributed by atoms with Crippen LogP contribution in [0.2, 0.25) is 0 Å². The molecule has 0 radical (unpaired) electrons. The molecule has 1 unspecified atom stereocenters. The van der Waals surface area contributed by atoms with E-state index in [2.05, 4.69) is 13.8 Å². The van der Waals surface area contributed by atoms with Gasteiger partial charge in [0.2, 0.25) is 6.79 Å². The van der Waals surface area contributed by atoms with Crippen molar-refractivity contribution in [3.05, 3.63) is 23.8 Å². The van der Waals surface area contributed by atoms with Crippen molar-refractivity contribution >= 4 is 0 Å². The summed E-state index contributed by atoms with van der Waals surface area (Å²) in [5, 5.41) is 0. The van der Waals surface area contributed by atoms with Crippen molar-refractivity contribution in [1.29, 1.82) is 0 Å². The number of nitrogens with two attached hydrogens (primary N) is 1. The summed E-state index contributed by atoms with van der Waals surface area (Å²) in [6.07, 6.45) is 1.08. The number of fused-ring (bicyclic) bond motifs is 1. The summed E-state index contributed by atoms with van der Waals surface area (Å²) < 4.78 is 10.6. The normalized spacial score (nSPS) is 17.5. The van der Waals surface area contributed by atoms with Crippen molar-refractivity contribution in [1.82, 2.24) is 0 Å². The molecule has 0 aromatic heterocycles. The molecule has 2 rings (SSSR count). The Hall–Kier alpha value is -1.22. The first kappa shape index (κ1) is 10.3. The van der Waals surface area contributed by atoms with Gasteiger partial charge in [0.15, 0.2) is 11.5 Å². The van der Waals surface area contributed by atoms with Crippen molar-refractivity contribution in [2.24, 2.45) is 11.7 Å². The zero-order chi connectivity index (χ0) is 10.8. The second kappa shape index (κ2) is 4.11. The van der Waals surface area contributed by atoms with Gasteiger partial charge in [0, 0.05) is 6.04 Å². The minimum Gasteiger partial charge on any atom is -0.454 e. The second-order valence-electron chi connectivity index (χ2n) is 4.02. The molecule has 82 valence electrons.